The number of aromatic nitrogens is 1. The standard InChI is InChI=1S/C15H19N3O3S/c1-4-6-7-8-10-17-18-14(16-9-5-2)12(19)11-13(22-18)15(20)21-3/h5,7-8,10-11H,2,4,6,9H2,1,3H3/b8-7+,16-14?,17-10+. The zero-order valence-electron chi connectivity index (χ0n) is 12.7. The van der Waals surface area contributed by atoms with Crippen LogP contribution in [0.2, 0.25) is 0 Å². The van der Waals surface area contributed by atoms with Gasteiger partial charge in [0, 0.05) is 12.3 Å². The lowest BCUT2D eigenvalue weighted by Gasteiger charge is -2.01. The molecule has 1 heterocycles. The average Bonchev–Trinajstić information content (AvgIpc) is 2.52. The van der Waals surface area contributed by atoms with Gasteiger partial charge in [-0.25, -0.2) is 4.79 Å². The summed E-state index contributed by atoms with van der Waals surface area (Å²) < 4.78 is 5.95. The van der Waals surface area contributed by atoms with Crippen molar-refractivity contribution in [1.82, 2.24) is 4.07 Å². The average molecular weight is 321 g/mol. The predicted molar refractivity (Wildman–Crippen MR) is 88.5 cm³/mol. The maximum atomic E-state index is 12.1. The third-order valence-electron chi connectivity index (χ3n) is 2.45. The topological polar surface area (TPSA) is 73.0 Å². The van der Waals surface area contributed by atoms with E-state index in [2.05, 4.69) is 28.3 Å². The Morgan fingerprint density at radius 1 is 1.55 bits per heavy atom. The summed E-state index contributed by atoms with van der Waals surface area (Å²) in [5.41, 5.74) is -0.242. The molecule has 0 aromatic carbocycles. The number of esters is 1. The molecular formula is C15H19N3O3S. The van der Waals surface area contributed by atoms with Gasteiger partial charge in [-0.3, -0.25) is 9.79 Å². The lowest BCUT2D eigenvalue weighted by molar-refractivity contribution is 0.0605. The van der Waals surface area contributed by atoms with Gasteiger partial charge in [-0.1, -0.05) is 25.5 Å². The molecule has 0 spiro atoms. The molecule has 0 atom stereocenters. The lowest BCUT2D eigenvalue weighted by atomic mass is 10.3. The molecule has 0 unspecified atom stereocenters. The van der Waals surface area contributed by atoms with E-state index in [0.717, 1.165) is 24.4 Å². The van der Waals surface area contributed by atoms with E-state index in [4.69, 9.17) is 0 Å². The van der Waals surface area contributed by atoms with Gasteiger partial charge in [0.05, 0.1) is 13.7 Å². The van der Waals surface area contributed by atoms with E-state index in [1.807, 2.05) is 6.08 Å². The number of methoxy groups -OCH3 is 1. The van der Waals surface area contributed by atoms with Crippen LogP contribution in [-0.4, -0.2) is 29.9 Å². The number of nitrogens with zero attached hydrogens (tertiary/aromatic N) is 3. The zero-order chi connectivity index (χ0) is 16.4. The second kappa shape index (κ2) is 9.62. The van der Waals surface area contributed by atoms with E-state index in [-0.39, 0.29) is 10.4 Å². The second-order valence-corrected chi connectivity index (χ2v) is 5.13. The summed E-state index contributed by atoms with van der Waals surface area (Å²) in [6.45, 7) is 5.93. The number of hydrogen-bond acceptors (Lipinski definition) is 6. The van der Waals surface area contributed by atoms with Gasteiger partial charge in [0.1, 0.15) is 4.88 Å². The van der Waals surface area contributed by atoms with Gasteiger partial charge in [0.25, 0.3) is 0 Å². The summed E-state index contributed by atoms with van der Waals surface area (Å²) >= 11 is 0.992. The monoisotopic (exact) mass is 321 g/mol. The highest BCUT2D eigenvalue weighted by Crippen LogP contribution is 2.04. The molecule has 0 N–H and O–H groups in total. The molecule has 0 saturated carbocycles. The maximum absolute atomic E-state index is 12.1. The highest BCUT2D eigenvalue weighted by Gasteiger charge is 2.10. The molecule has 1 rings (SSSR count). The van der Waals surface area contributed by atoms with Gasteiger partial charge in [0.2, 0.25) is 10.9 Å². The van der Waals surface area contributed by atoms with Gasteiger partial charge >= 0.3 is 5.97 Å². The third kappa shape index (κ3) is 5.25. The molecule has 0 aliphatic rings. The number of rotatable bonds is 7. The summed E-state index contributed by atoms with van der Waals surface area (Å²) in [7, 11) is 1.26. The lowest BCUT2D eigenvalue weighted by Crippen LogP contribution is -2.33. The molecule has 6 nitrogen and oxygen atoms in total. The Bertz CT molecular complexity index is 699. The Kier molecular flexibility index (Phi) is 7.77. The molecule has 0 fully saturated rings. The van der Waals surface area contributed by atoms with E-state index < -0.39 is 11.4 Å². The molecule has 22 heavy (non-hydrogen) atoms. The molecular weight excluding hydrogens is 302 g/mol. The molecule has 0 bridgehead atoms. The van der Waals surface area contributed by atoms with Crippen molar-refractivity contribution in [2.45, 2.75) is 19.8 Å². The Morgan fingerprint density at radius 3 is 2.95 bits per heavy atom. The van der Waals surface area contributed by atoms with Crippen LogP contribution in [0.5, 0.6) is 0 Å². The van der Waals surface area contributed by atoms with Crippen LogP contribution < -0.4 is 10.9 Å². The first-order valence-corrected chi connectivity index (χ1v) is 7.58. The van der Waals surface area contributed by atoms with Crippen molar-refractivity contribution in [1.29, 1.82) is 0 Å². The Balaban J connectivity index is 3.30. The van der Waals surface area contributed by atoms with Gasteiger partial charge in [-0.15, -0.1) is 6.58 Å². The summed E-state index contributed by atoms with van der Waals surface area (Å²) in [4.78, 5) is 27.9. The minimum atomic E-state index is -0.581. The molecule has 7 heteroatoms. The third-order valence-corrected chi connectivity index (χ3v) is 3.38. The first kappa shape index (κ1) is 17.8. The minimum absolute atomic E-state index is 0.151. The fourth-order valence-corrected chi connectivity index (χ4v) is 2.27. The van der Waals surface area contributed by atoms with Gasteiger partial charge < -0.3 is 4.74 Å². The van der Waals surface area contributed by atoms with Crippen molar-refractivity contribution in [3.05, 3.63) is 51.5 Å². The van der Waals surface area contributed by atoms with E-state index in [9.17, 15) is 9.59 Å². The smallest absolute Gasteiger partial charge is 0.349 e. The molecule has 0 amide bonds. The molecule has 118 valence electrons. The summed E-state index contributed by atoms with van der Waals surface area (Å²) in [5, 5.41) is 4.16. The van der Waals surface area contributed by atoms with Crippen LogP contribution in [0.15, 0.2) is 45.8 Å². The normalized spacial score (nSPS) is 12.2. The van der Waals surface area contributed by atoms with E-state index in [0.29, 0.717) is 6.54 Å². The van der Waals surface area contributed by atoms with Gasteiger partial charge in [-0.2, -0.15) is 9.17 Å². The van der Waals surface area contributed by atoms with E-state index in [1.54, 1.807) is 18.4 Å². The quantitative estimate of drug-likeness (QED) is 0.438. The first-order valence-electron chi connectivity index (χ1n) is 6.80. The summed E-state index contributed by atoms with van der Waals surface area (Å²) in [6, 6.07) is 1.21. The summed E-state index contributed by atoms with van der Waals surface area (Å²) in [5.74, 6) is -0.581. The SMILES string of the molecule is C=CCN=c1c(=O)cc(C(=O)OC)sn1/N=C/C=C/CCC. The van der Waals surface area contributed by atoms with E-state index in [1.165, 1.54) is 17.2 Å². The number of unbranched alkanes of at least 4 members (excludes halogenated alkanes) is 1. The van der Waals surface area contributed by atoms with Crippen molar-refractivity contribution in [3.8, 4) is 0 Å². The maximum Gasteiger partial charge on any atom is 0.349 e. The van der Waals surface area contributed by atoms with Crippen LogP contribution in [0.3, 0.4) is 0 Å². The first-order chi connectivity index (χ1) is 10.6. The van der Waals surface area contributed by atoms with Crippen LogP contribution in [0.4, 0.5) is 0 Å². The Morgan fingerprint density at radius 2 is 2.32 bits per heavy atom. The Hall–Kier alpha value is -2.28. The second-order valence-electron chi connectivity index (χ2n) is 4.16. The minimum Gasteiger partial charge on any atom is -0.465 e. The van der Waals surface area contributed by atoms with Crippen LogP contribution in [0, 0.1) is 0 Å². The zero-order valence-corrected chi connectivity index (χ0v) is 13.5. The number of allylic oxidation sites excluding steroid dienone is 2. The molecule has 0 saturated heterocycles. The van der Waals surface area contributed by atoms with Crippen molar-refractivity contribution in [3.63, 3.8) is 0 Å². The molecule has 0 radical (unpaired) electrons. The molecule has 0 aliphatic carbocycles. The fraction of sp³-hybridized carbons (Fsp3) is 0.333. The van der Waals surface area contributed by atoms with Crippen LogP contribution >= 0.6 is 11.5 Å². The number of ether oxygens (including phenoxy) is 1. The van der Waals surface area contributed by atoms with Gasteiger partial charge in [0.15, 0.2) is 0 Å². The Labute approximate surface area is 132 Å². The fourth-order valence-electron chi connectivity index (χ4n) is 1.43. The van der Waals surface area contributed by atoms with E-state index >= 15 is 0 Å². The highest BCUT2D eigenvalue weighted by atomic mass is 32.1. The molecule has 1 aromatic heterocycles. The van der Waals surface area contributed by atoms with Crippen LogP contribution in [0.1, 0.15) is 29.4 Å². The van der Waals surface area contributed by atoms with Crippen molar-refractivity contribution >= 4 is 23.7 Å². The summed E-state index contributed by atoms with van der Waals surface area (Å²) in [6.07, 6.45) is 8.88. The van der Waals surface area contributed by atoms with Crippen molar-refractivity contribution < 1.29 is 9.53 Å². The van der Waals surface area contributed by atoms with Gasteiger partial charge in [-0.05, 0) is 24.0 Å². The van der Waals surface area contributed by atoms with Crippen LogP contribution in [-0.2, 0) is 4.74 Å². The highest BCUT2D eigenvalue weighted by molar-refractivity contribution is 7.08. The number of hydrogen-bond donors (Lipinski definition) is 0. The predicted octanol–water partition coefficient (Wildman–Crippen LogP) is 1.97. The number of carbonyl (C=O) groups excluding carboxylic acids is 1. The van der Waals surface area contributed by atoms with Crippen molar-refractivity contribution in [2.75, 3.05) is 13.7 Å². The molecule has 0 aliphatic heterocycles. The molecule has 1 aromatic rings. The largest absolute Gasteiger partial charge is 0.465 e. The van der Waals surface area contributed by atoms with Crippen LogP contribution in [0.25, 0.3) is 0 Å². The number of carbonyl (C=O) groups is 1. The van der Waals surface area contributed by atoms with Crippen molar-refractivity contribution in [2.24, 2.45) is 10.1 Å².